The number of aliphatic hydroxyl groups excluding tert-OH is 1. The Morgan fingerprint density at radius 1 is 1.33 bits per heavy atom. The summed E-state index contributed by atoms with van der Waals surface area (Å²) in [6, 6.07) is 4.57. The normalized spacial score (nSPS) is 22.1. The van der Waals surface area contributed by atoms with Crippen molar-refractivity contribution in [1.82, 2.24) is 0 Å². The van der Waals surface area contributed by atoms with Gasteiger partial charge in [-0.1, -0.05) is 36.8 Å². The van der Waals surface area contributed by atoms with Crippen LogP contribution < -0.4 is 4.74 Å². The molecule has 0 saturated heterocycles. The predicted molar refractivity (Wildman–Crippen MR) is 74.8 cm³/mol. The van der Waals surface area contributed by atoms with E-state index in [1.54, 1.807) is 18.2 Å². The van der Waals surface area contributed by atoms with Crippen LogP contribution in [0, 0.1) is 12.3 Å². The highest BCUT2D eigenvalue weighted by Crippen LogP contribution is 2.37. The molecule has 0 spiro atoms. The van der Waals surface area contributed by atoms with E-state index in [-0.39, 0.29) is 17.8 Å². The maximum atomic E-state index is 12.5. The van der Waals surface area contributed by atoms with E-state index in [4.69, 9.17) is 0 Å². The van der Waals surface area contributed by atoms with Gasteiger partial charge in [-0.15, -0.1) is 13.2 Å². The van der Waals surface area contributed by atoms with E-state index in [1.165, 1.54) is 6.07 Å². The number of aliphatic hydroxyl groups is 1. The van der Waals surface area contributed by atoms with Gasteiger partial charge >= 0.3 is 6.36 Å². The minimum atomic E-state index is -4.72. The first kappa shape index (κ1) is 15.6. The number of alkyl halides is 3. The Morgan fingerprint density at radius 2 is 2.05 bits per heavy atom. The van der Waals surface area contributed by atoms with Gasteiger partial charge in [0.15, 0.2) is 0 Å². The molecule has 0 aliphatic heterocycles. The van der Waals surface area contributed by atoms with Crippen LogP contribution in [0.3, 0.4) is 0 Å². The van der Waals surface area contributed by atoms with Crippen molar-refractivity contribution in [3.05, 3.63) is 47.6 Å². The second-order valence-electron chi connectivity index (χ2n) is 5.56. The molecular weight excluding hydrogens is 281 g/mol. The van der Waals surface area contributed by atoms with Gasteiger partial charge in [0.2, 0.25) is 0 Å². The molecule has 0 aromatic heterocycles. The summed E-state index contributed by atoms with van der Waals surface area (Å²) in [5, 5.41) is 9.30. The molecule has 2 nitrogen and oxygen atoms in total. The zero-order valence-corrected chi connectivity index (χ0v) is 11.9. The van der Waals surface area contributed by atoms with E-state index in [1.807, 2.05) is 26.0 Å². The van der Waals surface area contributed by atoms with E-state index in [2.05, 4.69) is 4.74 Å². The largest absolute Gasteiger partial charge is 0.573 e. The molecule has 1 unspecified atom stereocenters. The molecule has 1 atom stereocenters. The highest BCUT2D eigenvalue weighted by Gasteiger charge is 2.32. The summed E-state index contributed by atoms with van der Waals surface area (Å²) in [6.07, 6.45) is 1.23. The third-order valence-electron chi connectivity index (χ3n) is 3.49. The van der Waals surface area contributed by atoms with Crippen LogP contribution in [0.1, 0.15) is 24.5 Å². The molecule has 0 fully saturated rings. The molecule has 0 saturated carbocycles. The molecule has 2 rings (SSSR count). The fourth-order valence-electron chi connectivity index (χ4n) is 2.17. The Hall–Kier alpha value is -1.75. The van der Waals surface area contributed by atoms with Gasteiger partial charge in [0.05, 0.1) is 6.61 Å². The summed E-state index contributed by atoms with van der Waals surface area (Å²) in [5.74, 6) is -0.211. The lowest BCUT2D eigenvalue weighted by Crippen LogP contribution is -2.20. The SMILES string of the molecule is Cc1ccc(OC(F)(F)F)c(C2=CCC(C)(CO)C=C2)c1. The monoisotopic (exact) mass is 298 g/mol. The standard InChI is InChI=1S/C16H17F3O2/c1-11-3-4-14(21-16(17,18)19)13(9-11)12-5-7-15(2,10-20)8-6-12/h3-7,9,20H,8,10H2,1-2H3. The number of benzene rings is 1. The van der Waals surface area contributed by atoms with Gasteiger partial charge in [-0.2, -0.15) is 0 Å². The van der Waals surface area contributed by atoms with Crippen LogP contribution in [0.15, 0.2) is 36.4 Å². The van der Waals surface area contributed by atoms with Crippen LogP contribution in [0.4, 0.5) is 13.2 Å². The Balaban J connectivity index is 2.36. The van der Waals surface area contributed by atoms with E-state index >= 15 is 0 Å². The highest BCUT2D eigenvalue weighted by molar-refractivity contribution is 5.79. The average molecular weight is 298 g/mol. The first-order valence-corrected chi connectivity index (χ1v) is 6.59. The van der Waals surface area contributed by atoms with Gasteiger partial charge in [-0.25, -0.2) is 0 Å². The zero-order valence-electron chi connectivity index (χ0n) is 11.9. The summed E-state index contributed by atoms with van der Waals surface area (Å²) in [4.78, 5) is 0. The Labute approximate surface area is 121 Å². The molecule has 5 heteroatoms. The number of hydrogen-bond acceptors (Lipinski definition) is 2. The van der Waals surface area contributed by atoms with Crippen LogP contribution in [0.5, 0.6) is 5.75 Å². The molecule has 0 radical (unpaired) electrons. The second-order valence-corrected chi connectivity index (χ2v) is 5.56. The summed E-state index contributed by atoms with van der Waals surface area (Å²) in [5.41, 5.74) is 1.56. The number of halogens is 3. The third-order valence-corrected chi connectivity index (χ3v) is 3.49. The molecule has 1 aliphatic rings. The summed E-state index contributed by atoms with van der Waals surface area (Å²) in [7, 11) is 0. The van der Waals surface area contributed by atoms with Crippen molar-refractivity contribution in [3.63, 3.8) is 0 Å². The Bertz CT molecular complexity index is 588. The molecule has 1 aromatic carbocycles. The first-order valence-electron chi connectivity index (χ1n) is 6.59. The van der Waals surface area contributed by atoms with E-state index in [0.717, 1.165) is 5.56 Å². The highest BCUT2D eigenvalue weighted by atomic mass is 19.4. The zero-order chi connectivity index (χ0) is 15.7. The fraction of sp³-hybridized carbons (Fsp3) is 0.375. The molecule has 0 heterocycles. The van der Waals surface area contributed by atoms with Crippen molar-refractivity contribution in [2.45, 2.75) is 26.6 Å². The quantitative estimate of drug-likeness (QED) is 0.904. The van der Waals surface area contributed by atoms with E-state index < -0.39 is 6.36 Å². The minimum Gasteiger partial charge on any atom is -0.405 e. The van der Waals surface area contributed by atoms with Crippen molar-refractivity contribution in [2.75, 3.05) is 6.61 Å². The fourth-order valence-corrected chi connectivity index (χ4v) is 2.17. The molecule has 21 heavy (non-hydrogen) atoms. The lowest BCUT2D eigenvalue weighted by Gasteiger charge is -2.26. The van der Waals surface area contributed by atoms with E-state index in [9.17, 15) is 18.3 Å². The summed E-state index contributed by atoms with van der Waals surface area (Å²) in [6.45, 7) is 3.69. The Morgan fingerprint density at radius 3 is 2.57 bits per heavy atom. The van der Waals surface area contributed by atoms with Gasteiger partial charge in [-0.3, -0.25) is 0 Å². The lowest BCUT2D eigenvalue weighted by atomic mass is 9.81. The lowest BCUT2D eigenvalue weighted by molar-refractivity contribution is -0.274. The molecule has 1 N–H and O–H groups in total. The maximum Gasteiger partial charge on any atom is 0.573 e. The molecule has 114 valence electrons. The molecular formula is C16H17F3O2. The topological polar surface area (TPSA) is 29.5 Å². The minimum absolute atomic E-state index is 0.00694. The molecule has 1 aromatic rings. The molecule has 1 aliphatic carbocycles. The Kier molecular flexibility index (Phi) is 4.14. The number of rotatable bonds is 3. The van der Waals surface area contributed by atoms with Crippen molar-refractivity contribution in [3.8, 4) is 5.75 Å². The van der Waals surface area contributed by atoms with Crippen LogP contribution >= 0.6 is 0 Å². The maximum absolute atomic E-state index is 12.5. The third kappa shape index (κ3) is 3.88. The number of hydrogen-bond donors (Lipinski definition) is 1. The average Bonchev–Trinajstić information content (AvgIpc) is 2.40. The summed E-state index contributed by atoms with van der Waals surface area (Å²) >= 11 is 0. The first-order chi connectivity index (χ1) is 9.72. The van der Waals surface area contributed by atoms with Crippen molar-refractivity contribution < 1.29 is 23.0 Å². The van der Waals surface area contributed by atoms with Gasteiger partial charge in [-0.05, 0) is 31.1 Å². The number of ether oxygens (including phenoxy) is 1. The smallest absolute Gasteiger partial charge is 0.405 e. The number of allylic oxidation sites excluding steroid dienone is 3. The molecule has 0 amide bonds. The van der Waals surface area contributed by atoms with Crippen molar-refractivity contribution in [2.24, 2.45) is 5.41 Å². The van der Waals surface area contributed by atoms with Crippen LogP contribution in [0.2, 0.25) is 0 Å². The van der Waals surface area contributed by atoms with Crippen molar-refractivity contribution >= 4 is 5.57 Å². The van der Waals surface area contributed by atoms with Gasteiger partial charge < -0.3 is 9.84 Å². The van der Waals surface area contributed by atoms with Gasteiger partial charge in [0, 0.05) is 11.0 Å². The van der Waals surface area contributed by atoms with Crippen LogP contribution in [0.25, 0.3) is 5.57 Å². The van der Waals surface area contributed by atoms with Gasteiger partial charge in [0.25, 0.3) is 0 Å². The van der Waals surface area contributed by atoms with Crippen molar-refractivity contribution in [1.29, 1.82) is 0 Å². The van der Waals surface area contributed by atoms with Gasteiger partial charge in [0.1, 0.15) is 5.75 Å². The van der Waals surface area contributed by atoms with E-state index in [0.29, 0.717) is 17.6 Å². The second kappa shape index (κ2) is 5.56. The predicted octanol–water partition coefficient (Wildman–Crippen LogP) is 4.24. The number of aryl methyl sites for hydroxylation is 1. The van der Waals surface area contributed by atoms with Crippen LogP contribution in [-0.2, 0) is 0 Å². The molecule has 0 bridgehead atoms. The summed E-state index contributed by atoms with van der Waals surface area (Å²) < 4.78 is 41.5. The van der Waals surface area contributed by atoms with Crippen LogP contribution in [-0.4, -0.2) is 18.1 Å².